The summed E-state index contributed by atoms with van der Waals surface area (Å²) in [6, 6.07) is 20.5. The molecule has 0 radical (unpaired) electrons. The van der Waals surface area contributed by atoms with Gasteiger partial charge in [-0.1, -0.05) is 56.3 Å². The number of methoxy groups -OCH3 is 1. The highest BCUT2D eigenvalue weighted by Gasteiger charge is 2.63. The van der Waals surface area contributed by atoms with Crippen LogP contribution in [0.15, 0.2) is 77.7 Å². The molecule has 200 valence electrons. The van der Waals surface area contributed by atoms with Gasteiger partial charge in [-0.25, -0.2) is 17.9 Å². The number of hydrogen-bond acceptors (Lipinski definition) is 5. The van der Waals surface area contributed by atoms with Gasteiger partial charge in [0, 0.05) is 18.7 Å². The van der Waals surface area contributed by atoms with Gasteiger partial charge >= 0.3 is 6.03 Å². The van der Waals surface area contributed by atoms with E-state index in [0.717, 1.165) is 17.5 Å². The average Bonchev–Trinajstić information content (AvgIpc) is 3.66. The zero-order chi connectivity index (χ0) is 27.5. The molecule has 9 heteroatoms. The van der Waals surface area contributed by atoms with E-state index in [9.17, 15) is 18.0 Å². The van der Waals surface area contributed by atoms with E-state index in [4.69, 9.17) is 4.74 Å². The van der Waals surface area contributed by atoms with Crippen LogP contribution in [0.1, 0.15) is 42.9 Å². The average molecular weight is 536 g/mol. The molecule has 1 aliphatic carbocycles. The van der Waals surface area contributed by atoms with E-state index in [1.807, 2.05) is 38.1 Å². The third-order valence-electron chi connectivity index (χ3n) is 7.08. The molecular formula is C29H33N3O5S. The summed E-state index contributed by atoms with van der Waals surface area (Å²) in [5.41, 5.74) is 1.95. The summed E-state index contributed by atoms with van der Waals surface area (Å²) in [5.74, 6) is 0.00900. The Balaban J connectivity index is 1.63. The highest BCUT2D eigenvalue weighted by molar-refractivity contribution is 7.90. The van der Waals surface area contributed by atoms with Crippen molar-refractivity contribution >= 4 is 27.6 Å². The fraction of sp³-hybridized carbons (Fsp3) is 0.310. The number of amides is 3. The van der Waals surface area contributed by atoms with E-state index < -0.39 is 21.6 Å². The summed E-state index contributed by atoms with van der Waals surface area (Å²) in [7, 11) is -0.947. The van der Waals surface area contributed by atoms with Gasteiger partial charge in [0.2, 0.25) is 0 Å². The van der Waals surface area contributed by atoms with Crippen LogP contribution in [-0.2, 0) is 27.7 Å². The molecule has 1 unspecified atom stereocenters. The number of benzene rings is 3. The Hall–Kier alpha value is -3.85. The van der Waals surface area contributed by atoms with E-state index >= 15 is 0 Å². The van der Waals surface area contributed by atoms with E-state index in [0.29, 0.717) is 29.8 Å². The molecule has 3 aromatic carbocycles. The van der Waals surface area contributed by atoms with E-state index in [1.54, 1.807) is 56.6 Å². The van der Waals surface area contributed by atoms with Crippen LogP contribution in [0.3, 0.4) is 0 Å². The van der Waals surface area contributed by atoms with E-state index in [1.165, 1.54) is 11.0 Å². The predicted molar refractivity (Wildman–Crippen MR) is 147 cm³/mol. The van der Waals surface area contributed by atoms with Crippen LogP contribution < -0.4 is 19.7 Å². The Bertz CT molecular complexity index is 1440. The van der Waals surface area contributed by atoms with Crippen LogP contribution in [0, 0.1) is 0 Å². The van der Waals surface area contributed by atoms with Gasteiger partial charge in [0.1, 0.15) is 11.3 Å². The molecule has 2 N–H and O–H groups in total. The number of anilines is 1. The van der Waals surface area contributed by atoms with Gasteiger partial charge < -0.3 is 15.0 Å². The number of rotatable bonds is 9. The molecule has 3 aromatic rings. The first kappa shape index (κ1) is 27.2. The van der Waals surface area contributed by atoms with Crippen molar-refractivity contribution in [2.24, 2.45) is 0 Å². The van der Waals surface area contributed by atoms with Gasteiger partial charge in [-0.15, -0.1) is 0 Å². The topological polar surface area (TPSA) is 105 Å². The first-order valence-corrected chi connectivity index (χ1v) is 14.1. The zero-order valence-electron chi connectivity index (χ0n) is 22.0. The van der Waals surface area contributed by atoms with Gasteiger partial charge in [0.05, 0.1) is 12.0 Å². The van der Waals surface area contributed by atoms with Gasteiger partial charge in [0.15, 0.2) is 0 Å². The zero-order valence-corrected chi connectivity index (χ0v) is 22.8. The second kappa shape index (κ2) is 10.9. The third-order valence-corrected chi connectivity index (χ3v) is 8.51. The largest absolute Gasteiger partial charge is 0.497 e. The lowest BCUT2D eigenvalue weighted by Gasteiger charge is -2.26. The van der Waals surface area contributed by atoms with Crippen molar-refractivity contribution in [3.8, 4) is 5.75 Å². The maximum atomic E-state index is 13.9. The summed E-state index contributed by atoms with van der Waals surface area (Å²) in [6.07, 6.45) is 1.67. The van der Waals surface area contributed by atoms with E-state index in [2.05, 4.69) is 10.0 Å². The second-order valence-electron chi connectivity index (χ2n) is 9.41. The number of nitrogens with zero attached hydrogens (tertiary/aromatic N) is 1. The molecule has 1 fully saturated rings. The molecule has 2 atom stereocenters. The lowest BCUT2D eigenvalue weighted by atomic mass is 10.0. The third kappa shape index (κ3) is 5.38. The molecule has 8 nitrogen and oxygen atoms in total. The van der Waals surface area contributed by atoms with Gasteiger partial charge in [0.25, 0.3) is 15.9 Å². The molecular weight excluding hydrogens is 502 g/mol. The van der Waals surface area contributed by atoms with Crippen molar-refractivity contribution in [2.45, 2.75) is 49.5 Å². The molecule has 3 amide bonds. The highest BCUT2D eigenvalue weighted by Crippen LogP contribution is 2.53. The molecule has 38 heavy (non-hydrogen) atoms. The molecule has 0 bridgehead atoms. The number of carbonyl (C=O) groups excluding carboxylic acids is 2. The number of likely N-dealkylation sites (N-methyl/N-ethyl adjacent to an activating group) is 1. The number of aryl methyl sites for hydroxylation is 2. The number of hydrogen-bond donors (Lipinski definition) is 2. The molecule has 0 aliphatic heterocycles. The van der Waals surface area contributed by atoms with Gasteiger partial charge in [-0.3, -0.25) is 4.79 Å². The van der Waals surface area contributed by atoms with Crippen molar-refractivity contribution < 1.29 is 22.7 Å². The Morgan fingerprint density at radius 2 is 1.71 bits per heavy atom. The quantitative estimate of drug-likeness (QED) is 0.423. The Kier molecular flexibility index (Phi) is 7.78. The monoisotopic (exact) mass is 535 g/mol. The maximum absolute atomic E-state index is 13.9. The molecule has 0 aromatic heterocycles. The van der Waals surface area contributed by atoms with Crippen molar-refractivity contribution in [3.63, 3.8) is 0 Å². The SMILES string of the molecule is CCc1cccc(C2C[C@]2(NC(=O)NS(=O)(=O)c2ccccc2CC)C(=O)N(C)c2ccc(OC)cc2)c1. The summed E-state index contributed by atoms with van der Waals surface area (Å²) >= 11 is 0. The van der Waals surface area contributed by atoms with Gasteiger partial charge in [-0.2, -0.15) is 0 Å². The van der Waals surface area contributed by atoms with Crippen LogP contribution in [0.4, 0.5) is 10.5 Å². The van der Waals surface area contributed by atoms with Crippen LogP contribution in [0.2, 0.25) is 0 Å². The second-order valence-corrected chi connectivity index (χ2v) is 11.1. The van der Waals surface area contributed by atoms with Crippen LogP contribution in [0.5, 0.6) is 5.75 Å². The lowest BCUT2D eigenvalue weighted by molar-refractivity contribution is -0.121. The summed E-state index contributed by atoms with van der Waals surface area (Å²) < 4.78 is 33.5. The minimum absolute atomic E-state index is 0.0383. The number of carbonyl (C=O) groups is 2. The summed E-state index contributed by atoms with van der Waals surface area (Å²) in [4.78, 5) is 28.6. The van der Waals surface area contributed by atoms with Crippen molar-refractivity contribution in [1.82, 2.24) is 10.0 Å². The molecule has 0 spiro atoms. The Labute approximate surface area is 224 Å². The molecule has 1 aliphatic rings. The molecule has 0 heterocycles. The van der Waals surface area contributed by atoms with Crippen LogP contribution >= 0.6 is 0 Å². The summed E-state index contributed by atoms with van der Waals surface area (Å²) in [6.45, 7) is 3.89. The van der Waals surface area contributed by atoms with Crippen molar-refractivity contribution in [2.75, 3.05) is 19.1 Å². The highest BCUT2D eigenvalue weighted by atomic mass is 32.2. The lowest BCUT2D eigenvalue weighted by Crippen LogP contribution is -2.54. The summed E-state index contributed by atoms with van der Waals surface area (Å²) in [5, 5.41) is 2.74. The van der Waals surface area contributed by atoms with Gasteiger partial charge in [-0.05, 0) is 66.3 Å². The van der Waals surface area contributed by atoms with Crippen molar-refractivity contribution in [1.29, 1.82) is 0 Å². The molecule has 4 rings (SSSR count). The number of sulfonamides is 1. The van der Waals surface area contributed by atoms with Crippen molar-refractivity contribution in [3.05, 3.63) is 89.5 Å². The first-order chi connectivity index (χ1) is 18.1. The molecule has 0 saturated heterocycles. The fourth-order valence-corrected chi connectivity index (χ4v) is 6.03. The predicted octanol–water partition coefficient (Wildman–Crippen LogP) is 4.40. The first-order valence-electron chi connectivity index (χ1n) is 12.6. The Morgan fingerprint density at radius 1 is 1.00 bits per heavy atom. The van der Waals surface area contributed by atoms with Crippen LogP contribution in [0.25, 0.3) is 0 Å². The minimum Gasteiger partial charge on any atom is -0.497 e. The number of ether oxygens (including phenoxy) is 1. The molecule has 1 saturated carbocycles. The van der Waals surface area contributed by atoms with E-state index in [-0.39, 0.29) is 16.7 Å². The Morgan fingerprint density at radius 3 is 2.37 bits per heavy atom. The number of urea groups is 1. The normalized spacial score (nSPS) is 18.4. The van der Waals surface area contributed by atoms with Crippen LogP contribution in [-0.4, -0.2) is 40.1 Å². The minimum atomic E-state index is -4.15. The number of nitrogens with one attached hydrogen (secondary N) is 2. The maximum Gasteiger partial charge on any atom is 0.329 e. The smallest absolute Gasteiger partial charge is 0.329 e. The standard InChI is InChI=1S/C29H33N3O5S/c1-5-20-10-9-12-22(18-20)25-19-29(25,27(33)32(3)23-14-16-24(37-4)17-15-23)30-28(34)31-38(35,36)26-13-8-7-11-21(26)6-2/h7-18,25H,5-6,19H2,1-4H3,(H2,30,31,34)/t25?,29-/m1/s1. The fourth-order valence-electron chi connectivity index (χ4n) is 4.81.